The maximum absolute atomic E-state index is 11.2. The molecule has 1 aromatic carbocycles. The molecule has 0 atom stereocenters. The lowest BCUT2D eigenvalue weighted by molar-refractivity contribution is 0.299. The van der Waals surface area contributed by atoms with Crippen LogP contribution in [0.1, 0.15) is 11.1 Å². The van der Waals surface area contributed by atoms with Gasteiger partial charge in [-0.15, -0.1) is 0 Å². The van der Waals surface area contributed by atoms with E-state index in [1.165, 1.54) is 6.26 Å². The van der Waals surface area contributed by atoms with Crippen LogP contribution in [0.5, 0.6) is 0 Å². The molecule has 0 saturated carbocycles. The second kappa shape index (κ2) is 4.11. The fourth-order valence-electron chi connectivity index (χ4n) is 1.27. The summed E-state index contributed by atoms with van der Waals surface area (Å²) >= 11 is 0. The van der Waals surface area contributed by atoms with Crippen molar-refractivity contribution in [2.45, 2.75) is 18.2 Å². The predicted octanol–water partition coefficient (Wildman–Crippen LogP) is 0.933. The summed E-state index contributed by atoms with van der Waals surface area (Å²) in [6, 6.07) is 4.98. The summed E-state index contributed by atoms with van der Waals surface area (Å²) in [4.78, 5) is 0.312. The Morgan fingerprint density at radius 1 is 1.36 bits per heavy atom. The van der Waals surface area contributed by atoms with Crippen LogP contribution < -0.4 is 0 Å². The van der Waals surface area contributed by atoms with E-state index in [1.807, 2.05) is 6.92 Å². The molecule has 4 heteroatoms. The standard InChI is InChI=1S/C10H14O3S/c1-8-3-4-10(14(2,12)13)7-9(8)5-6-11/h3-4,7,11H,5-6H2,1-2H3. The highest BCUT2D eigenvalue weighted by Gasteiger charge is 2.08. The highest BCUT2D eigenvalue weighted by atomic mass is 32.2. The van der Waals surface area contributed by atoms with E-state index in [9.17, 15) is 8.42 Å². The first-order chi connectivity index (χ1) is 6.45. The second-order valence-electron chi connectivity index (χ2n) is 3.33. The highest BCUT2D eigenvalue weighted by molar-refractivity contribution is 7.90. The lowest BCUT2D eigenvalue weighted by Gasteiger charge is -2.06. The molecule has 0 aliphatic carbocycles. The van der Waals surface area contributed by atoms with Crippen molar-refractivity contribution in [1.29, 1.82) is 0 Å². The molecule has 1 rings (SSSR count). The van der Waals surface area contributed by atoms with E-state index >= 15 is 0 Å². The van der Waals surface area contributed by atoms with Crippen LogP contribution in [0, 0.1) is 6.92 Å². The van der Waals surface area contributed by atoms with E-state index in [0.29, 0.717) is 11.3 Å². The molecule has 0 fully saturated rings. The van der Waals surface area contributed by atoms with Crippen molar-refractivity contribution in [3.8, 4) is 0 Å². The summed E-state index contributed by atoms with van der Waals surface area (Å²) in [6.45, 7) is 1.94. The Morgan fingerprint density at radius 2 is 2.00 bits per heavy atom. The van der Waals surface area contributed by atoms with E-state index < -0.39 is 9.84 Å². The molecule has 0 spiro atoms. The minimum Gasteiger partial charge on any atom is -0.396 e. The van der Waals surface area contributed by atoms with Crippen molar-refractivity contribution in [3.05, 3.63) is 29.3 Å². The molecule has 0 saturated heterocycles. The van der Waals surface area contributed by atoms with E-state index in [0.717, 1.165) is 11.1 Å². The largest absolute Gasteiger partial charge is 0.396 e. The Kier molecular flexibility index (Phi) is 3.29. The van der Waals surface area contributed by atoms with Crippen LogP contribution in [0.2, 0.25) is 0 Å². The minimum atomic E-state index is -3.14. The molecule has 0 aliphatic heterocycles. The Bertz CT molecular complexity index is 421. The maximum atomic E-state index is 11.2. The molecular formula is C10H14O3S. The minimum absolute atomic E-state index is 0.0358. The predicted molar refractivity (Wildman–Crippen MR) is 55.1 cm³/mol. The normalized spacial score (nSPS) is 11.6. The monoisotopic (exact) mass is 214 g/mol. The Labute approximate surface area is 84.3 Å². The van der Waals surface area contributed by atoms with Crippen molar-refractivity contribution < 1.29 is 13.5 Å². The topological polar surface area (TPSA) is 54.4 Å². The van der Waals surface area contributed by atoms with E-state index in [-0.39, 0.29) is 6.61 Å². The van der Waals surface area contributed by atoms with Crippen LogP contribution in [-0.4, -0.2) is 26.4 Å². The number of aryl methyl sites for hydroxylation is 1. The smallest absolute Gasteiger partial charge is 0.175 e. The molecule has 3 nitrogen and oxygen atoms in total. The van der Waals surface area contributed by atoms with Gasteiger partial charge in [0.2, 0.25) is 0 Å². The summed E-state index contributed by atoms with van der Waals surface area (Å²) in [5, 5.41) is 8.79. The second-order valence-corrected chi connectivity index (χ2v) is 5.35. The number of rotatable bonds is 3. The fraction of sp³-hybridized carbons (Fsp3) is 0.400. The highest BCUT2D eigenvalue weighted by Crippen LogP contribution is 2.15. The van der Waals surface area contributed by atoms with Crippen LogP contribution in [-0.2, 0) is 16.3 Å². The number of benzene rings is 1. The molecule has 0 aromatic heterocycles. The Hall–Kier alpha value is -0.870. The van der Waals surface area contributed by atoms with Crippen molar-refractivity contribution in [2.75, 3.05) is 12.9 Å². The van der Waals surface area contributed by atoms with Gasteiger partial charge in [0.25, 0.3) is 0 Å². The number of hydrogen-bond donors (Lipinski definition) is 1. The number of aliphatic hydroxyl groups is 1. The van der Waals surface area contributed by atoms with Crippen molar-refractivity contribution >= 4 is 9.84 Å². The van der Waals surface area contributed by atoms with Gasteiger partial charge >= 0.3 is 0 Å². The first-order valence-electron chi connectivity index (χ1n) is 4.35. The van der Waals surface area contributed by atoms with Gasteiger partial charge in [0.05, 0.1) is 4.90 Å². The molecule has 1 N–H and O–H groups in total. The molecule has 1 aromatic rings. The van der Waals surface area contributed by atoms with Gasteiger partial charge in [-0.1, -0.05) is 6.07 Å². The van der Waals surface area contributed by atoms with E-state index in [2.05, 4.69) is 0 Å². The molecule has 0 radical (unpaired) electrons. The van der Waals surface area contributed by atoms with Gasteiger partial charge in [-0.05, 0) is 36.6 Å². The van der Waals surface area contributed by atoms with Crippen LogP contribution in [0.4, 0.5) is 0 Å². The number of hydrogen-bond acceptors (Lipinski definition) is 3. The van der Waals surface area contributed by atoms with E-state index in [1.54, 1.807) is 18.2 Å². The maximum Gasteiger partial charge on any atom is 0.175 e. The van der Waals surface area contributed by atoms with Crippen LogP contribution in [0.3, 0.4) is 0 Å². The molecule has 0 unspecified atom stereocenters. The summed E-state index contributed by atoms with van der Waals surface area (Å²) < 4.78 is 22.5. The molecule has 0 amide bonds. The van der Waals surface area contributed by atoms with Gasteiger partial charge in [0, 0.05) is 12.9 Å². The molecule has 0 bridgehead atoms. The summed E-state index contributed by atoms with van der Waals surface area (Å²) in [7, 11) is -3.14. The van der Waals surface area contributed by atoms with Crippen molar-refractivity contribution in [1.82, 2.24) is 0 Å². The molecule has 14 heavy (non-hydrogen) atoms. The van der Waals surface area contributed by atoms with Gasteiger partial charge in [0.15, 0.2) is 9.84 Å². The zero-order chi connectivity index (χ0) is 10.8. The quantitative estimate of drug-likeness (QED) is 0.814. The van der Waals surface area contributed by atoms with Crippen LogP contribution in [0.25, 0.3) is 0 Å². The SMILES string of the molecule is Cc1ccc(S(C)(=O)=O)cc1CCO. The molecule has 0 aliphatic rings. The third-order valence-corrected chi connectivity index (χ3v) is 3.24. The average Bonchev–Trinajstić information content (AvgIpc) is 2.07. The summed E-state index contributed by atoms with van der Waals surface area (Å²) in [5.41, 5.74) is 1.89. The molecular weight excluding hydrogens is 200 g/mol. The van der Waals surface area contributed by atoms with Crippen LogP contribution in [0.15, 0.2) is 23.1 Å². The number of sulfone groups is 1. The van der Waals surface area contributed by atoms with E-state index in [4.69, 9.17) is 5.11 Å². The summed E-state index contributed by atoms with van der Waals surface area (Å²) in [6.07, 6.45) is 1.68. The average molecular weight is 214 g/mol. The van der Waals surface area contributed by atoms with Gasteiger partial charge in [-0.3, -0.25) is 0 Å². The molecule has 78 valence electrons. The Morgan fingerprint density at radius 3 is 2.50 bits per heavy atom. The van der Waals surface area contributed by atoms with Gasteiger partial charge in [-0.25, -0.2) is 8.42 Å². The van der Waals surface area contributed by atoms with Gasteiger partial charge < -0.3 is 5.11 Å². The lowest BCUT2D eigenvalue weighted by Crippen LogP contribution is -2.01. The van der Waals surface area contributed by atoms with Crippen molar-refractivity contribution in [2.24, 2.45) is 0 Å². The summed E-state index contributed by atoms with van der Waals surface area (Å²) in [5.74, 6) is 0. The van der Waals surface area contributed by atoms with Crippen molar-refractivity contribution in [3.63, 3.8) is 0 Å². The number of aliphatic hydroxyl groups excluding tert-OH is 1. The van der Waals surface area contributed by atoms with Gasteiger partial charge in [-0.2, -0.15) is 0 Å². The fourth-order valence-corrected chi connectivity index (χ4v) is 1.94. The van der Waals surface area contributed by atoms with Crippen LogP contribution >= 0.6 is 0 Å². The zero-order valence-electron chi connectivity index (χ0n) is 8.32. The first-order valence-corrected chi connectivity index (χ1v) is 6.24. The zero-order valence-corrected chi connectivity index (χ0v) is 9.13. The third kappa shape index (κ3) is 2.56. The Balaban J connectivity index is 3.20. The first kappa shape index (κ1) is 11.2. The van der Waals surface area contributed by atoms with Gasteiger partial charge in [0.1, 0.15) is 0 Å². The third-order valence-electron chi connectivity index (χ3n) is 2.13. The molecule has 0 heterocycles. The lowest BCUT2D eigenvalue weighted by atomic mass is 10.1.